The third kappa shape index (κ3) is 0.976. The van der Waals surface area contributed by atoms with Crippen LogP contribution in [0.25, 0.3) is 0 Å². The van der Waals surface area contributed by atoms with Gasteiger partial charge in [-0.05, 0) is 7.05 Å². The second-order valence-corrected chi connectivity index (χ2v) is 1.34. The zero-order valence-electron chi connectivity index (χ0n) is 4.22. The average molecular weight is 100 g/mol. The van der Waals surface area contributed by atoms with Crippen molar-refractivity contribution < 1.29 is 4.74 Å². The lowest BCUT2D eigenvalue weighted by atomic mass is 10.6. The molecule has 3 nitrogen and oxygen atoms in total. The van der Waals surface area contributed by atoms with Crippen LogP contribution in [0.3, 0.4) is 0 Å². The first kappa shape index (κ1) is 4.74. The van der Waals surface area contributed by atoms with Crippen molar-refractivity contribution >= 4 is 6.21 Å². The molecule has 1 N–H and O–H groups in total. The Balaban J connectivity index is 2.28. The normalized spacial score (nSPS) is 29.0. The van der Waals surface area contributed by atoms with Gasteiger partial charge in [0.25, 0.3) is 0 Å². The van der Waals surface area contributed by atoms with Gasteiger partial charge in [0, 0.05) is 6.21 Å². The van der Waals surface area contributed by atoms with Crippen molar-refractivity contribution in [3.63, 3.8) is 0 Å². The smallest absolute Gasteiger partial charge is 0.146 e. The van der Waals surface area contributed by atoms with E-state index in [9.17, 15) is 0 Å². The summed E-state index contributed by atoms with van der Waals surface area (Å²) in [6.45, 7) is 0.505. The first-order valence-electron chi connectivity index (χ1n) is 2.22. The molecule has 3 heteroatoms. The molecule has 0 bridgehead atoms. The van der Waals surface area contributed by atoms with Crippen molar-refractivity contribution in [3.05, 3.63) is 0 Å². The predicted molar refractivity (Wildman–Crippen MR) is 27.3 cm³/mol. The van der Waals surface area contributed by atoms with E-state index in [-0.39, 0.29) is 6.23 Å². The fourth-order valence-corrected chi connectivity index (χ4v) is 0.463. The predicted octanol–water partition coefficient (Wildman–Crippen LogP) is -0.410. The summed E-state index contributed by atoms with van der Waals surface area (Å²) in [5, 5.41) is 2.89. The second-order valence-electron chi connectivity index (χ2n) is 1.34. The minimum atomic E-state index is 0.0556. The molecule has 7 heavy (non-hydrogen) atoms. The molecule has 0 saturated heterocycles. The van der Waals surface area contributed by atoms with Gasteiger partial charge < -0.3 is 4.74 Å². The fourth-order valence-electron chi connectivity index (χ4n) is 0.463. The zero-order chi connectivity index (χ0) is 5.11. The Morgan fingerprint density at radius 2 is 2.86 bits per heavy atom. The number of ether oxygens (including phenoxy) is 1. The first-order valence-corrected chi connectivity index (χ1v) is 2.22. The van der Waals surface area contributed by atoms with Crippen molar-refractivity contribution in [2.45, 2.75) is 6.23 Å². The molecule has 40 valence electrons. The highest BCUT2D eigenvalue weighted by molar-refractivity contribution is 5.63. The summed E-state index contributed by atoms with van der Waals surface area (Å²) >= 11 is 0. The lowest BCUT2D eigenvalue weighted by molar-refractivity contribution is 0.110. The summed E-state index contributed by atoms with van der Waals surface area (Å²) in [7, 11) is 1.84. The van der Waals surface area contributed by atoms with Crippen molar-refractivity contribution in [1.29, 1.82) is 0 Å². The van der Waals surface area contributed by atoms with Crippen LogP contribution in [0.2, 0.25) is 0 Å². The summed E-state index contributed by atoms with van der Waals surface area (Å²) in [4.78, 5) is 3.83. The average Bonchev–Trinajstić information content (AvgIpc) is 2.14. The minimum Gasteiger partial charge on any atom is -0.336 e. The Morgan fingerprint density at radius 3 is 3.14 bits per heavy atom. The minimum absolute atomic E-state index is 0.0556. The highest BCUT2D eigenvalue weighted by Gasteiger charge is 2.04. The number of nitrogens with one attached hydrogen (secondary N) is 1. The van der Waals surface area contributed by atoms with E-state index < -0.39 is 0 Å². The Bertz CT molecular complexity index is 81.8. The quantitative estimate of drug-likeness (QED) is 0.486. The van der Waals surface area contributed by atoms with Gasteiger partial charge in [0.2, 0.25) is 0 Å². The molecule has 0 saturated carbocycles. The lowest BCUT2D eigenvalue weighted by Gasteiger charge is -2.00. The molecule has 0 fully saturated rings. The van der Waals surface area contributed by atoms with Gasteiger partial charge in [-0.25, -0.2) is 0 Å². The van der Waals surface area contributed by atoms with Crippen LogP contribution in [0.15, 0.2) is 4.99 Å². The first-order chi connectivity index (χ1) is 3.43. The van der Waals surface area contributed by atoms with E-state index in [2.05, 4.69) is 10.3 Å². The molecule has 1 heterocycles. The number of aliphatic imine (C=N–C) groups is 1. The number of rotatable bonds is 1. The topological polar surface area (TPSA) is 33.6 Å². The molecule has 1 unspecified atom stereocenters. The highest BCUT2D eigenvalue weighted by atomic mass is 16.5. The summed E-state index contributed by atoms with van der Waals surface area (Å²) in [5.74, 6) is 0. The molecule has 0 aromatic rings. The van der Waals surface area contributed by atoms with Crippen molar-refractivity contribution in [2.24, 2.45) is 4.99 Å². The van der Waals surface area contributed by atoms with Crippen molar-refractivity contribution in [2.75, 3.05) is 13.8 Å². The van der Waals surface area contributed by atoms with Gasteiger partial charge in [-0.1, -0.05) is 0 Å². The summed E-state index contributed by atoms with van der Waals surface area (Å²) in [6.07, 6.45) is 1.81. The van der Waals surface area contributed by atoms with Crippen molar-refractivity contribution in [1.82, 2.24) is 5.32 Å². The fraction of sp³-hybridized carbons (Fsp3) is 0.750. The molecule has 0 aliphatic carbocycles. The molecule has 1 aliphatic heterocycles. The maximum atomic E-state index is 4.97. The van der Waals surface area contributed by atoms with Crippen LogP contribution in [0.1, 0.15) is 0 Å². The maximum absolute atomic E-state index is 4.97. The second kappa shape index (κ2) is 2.04. The third-order valence-corrected chi connectivity index (χ3v) is 0.854. The van der Waals surface area contributed by atoms with Gasteiger partial charge in [-0.3, -0.25) is 10.3 Å². The largest absolute Gasteiger partial charge is 0.336 e. The molecule has 0 amide bonds. The van der Waals surface area contributed by atoms with Gasteiger partial charge in [0.05, 0.1) is 0 Å². The molecule has 0 aromatic carbocycles. The van der Waals surface area contributed by atoms with Crippen LogP contribution in [-0.4, -0.2) is 26.2 Å². The zero-order valence-corrected chi connectivity index (χ0v) is 4.22. The van der Waals surface area contributed by atoms with Crippen LogP contribution < -0.4 is 5.32 Å². The van der Waals surface area contributed by atoms with E-state index >= 15 is 0 Å². The third-order valence-electron chi connectivity index (χ3n) is 0.854. The van der Waals surface area contributed by atoms with Gasteiger partial charge in [0.15, 0.2) is 0 Å². The molecule has 0 aromatic heterocycles. The number of hydrogen-bond acceptors (Lipinski definition) is 3. The Hall–Kier alpha value is -0.410. The Kier molecular flexibility index (Phi) is 1.38. The lowest BCUT2D eigenvalue weighted by Crippen LogP contribution is -2.25. The standard InChI is InChI=1S/C4H8N2O/c1-5-4-2-6-3-7-4/h2,4-5H,3H2,1H3. The maximum Gasteiger partial charge on any atom is 0.146 e. The molecule has 1 aliphatic rings. The monoisotopic (exact) mass is 100 g/mol. The van der Waals surface area contributed by atoms with E-state index in [4.69, 9.17) is 4.74 Å². The summed E-state index contributed by atoms with van der Waals surface area (Å²) in [6, 6.07) is 0. The molecular weight excluding hydrogens is 92.1 g/mol. The van der Waals surface area contributed by atoms with Gasteiger partial charge in [-0.2, -0.15) is 0 Å². The molecule has 1 atom stereocenters. The molecular formula is C4H8N2O. The van der Waals surface area contributed by atoms with Crippen LogP contribution >= 0.6 is 0 Å². The number of hydrogen-bond donors (Lipinski definition) is 1. The van der Waals surface area contributed by atoms with Crippen LogP contribution in [0.4, 0.5) is 0 Å². The van der Waals surface area contributed by atoms with E-state index in [0.717, 1.165) is 0 Å². The molecule has 1 rings (SSSR count). The van der Waals surface area contributed by atoms with Crippen LogP contribution in [0.5, 0.6) is 0 Å². The van der Waals surface area contributed by atoms with Gasteiger partial charge >= 0.3 is 0 Å². The summed E-state index contributed by atoms with van der Waals surface area (Å²) in [5.41, 5.74) is 0. The van der Waals surface area contributed by atoms with E-state index in [1.165, 1.54) is 0 Å². The van der Waals surface area contributed by atoms with Crippen LogP contribution in [0, 0.1) is 0 Å². The van der Waals surface area contributed by atoms with Crippen molar-refractivity contribution in [3.8, 4) is 0 Å². The van der Waals surface area contributed by atoms with Gasteiger partial charge in [0.1, 0.15) is 13.0 Å². The van der Waals surface area contributed by atoms with E-state index in [1.54, 1.807) is 6.21 Å². The number of nitrogens with zero attached hydrogens (tertiary/aromatic N) is 1. The molecule has 0 spiro atoms. The molecule has 0 radical (unpaired) electrons. The Morgan fingerprint density at radius 1 is 2.00 bits per heavy atom. The van der Waals surface area contributed by atoms with Crippen LogP contribution in [-0.2, 0) is 4.74 Å². The summed E-state index contributed by atoms with van der Waals surface area (Å²) < 4.78 is 4.97. The van der Waals surface area contributed by atoms with Gasteiger partial charge in [-0.15, -0.1) is 0 Å². The highest BCUT2D eigenvalue weighted by Crippen LogP contribution is 1.90. The SMILES string of the molecule is CNC1C=NCO1. The van der Waals surface area contributed by atoms with E-state index in [0.29, 0.717) is 6.73 Å². The Labute approximate surface area is 42.4 Å². The van der Waals surface area contributed by atoms with E-state index in [1.807, 2.05) is 7.05 Å².